The number of halogens is 3. The lowest BCUT2D eigenvalue weighted by Crippen LogP contribution is -2.58. The van der Waals surface area contributed by atoms with Crippen molar-refractivity contribution >= 4 is 11.7 Å². The first kappa shape index (κ1) is 20.3. The number of likely N-dealkylation sites (tertiary alicyclic amines) is 1. The molecule has 2 atom stereocenters. The van der Waals surface area contributed by atoms with Crippen LogP contribution in [0, 0.1) is 0 Å². The van der Waals surface area contributed by atoms with E-state index < -0.39 is 11.7 Å². The summed E-state index contributed by atoms with van der Waals surface area (Å²) in [5.41, 5.74) is 0.0839. The number of carbonyl (C=O) groups is 2. The summed E-state index contributed by atoms with van der Waals surface area (Å²) < 4.78 is 44.8. The lowest BCUT2D eigenvalue weighted by molar-refractivity contribution is -0.137. The van der Waals surface area contributed by atoms with Gasteiger partial charge in [-0.25, -0.2) is 0 Å². The lowest BCUT2D eigenvalue weighted by Gasteiger charge is -2.41. The van der Waals surface area contributed by atoms with Crippen LogP contribution in [0.2, 0.25) is 0 Å². The van der Waals surface area contributed by atoms with Gasteiger partial charge in [-0.1, -0.05) is 0 Å². The van der Waals surface area contributed by atoms with Gasteiger partial charge in [-0.05, 0) is 48.9 Å². The van der Waals surface area contributed by atoms with Gasteiger partial charge in [0.1, 0.15) is 5.78 Å². The molecule has 2 saturated heterocycles. The van der Waals surface area contributed by atoms with Crippen LogP contribution in [-0.4, -0.2) is 55.0 Å². The number of alkyl halides is 3. The number of ketones is 1. The van der Waals surface area contributed by atoms with Crippen molar-refractivity contribution in [2.24, 2.45) is 0 Å². The molecule has 1 aromatic carbocycles. The zero-order valence-corrected chi connectivity index (χ0v) is 16.1. The molecule has 1 amide bonds. The van der Waals surface area contributed by atoms with E-state index in [1.165, 1.54) is 6.07 Å². The Hall–Kier alpha value is -1.93. The quantitative estimate of drug-likeness (QED) is 0.829. The predicted molar refractivity (Wildman–Crippen MR) is 99.7 cm³/mol. The van der Waals surface area contributed by atoms with E-state index in [4.69, 9.17) is 4.74 Å². The Kier molecular flexibility index (Phi) is 5.66. The number of carbonyl (C=O) groups excluding carboxylic acids is 2. The second kappa shape index (κ2) is 8.07. The Morgan fingerprint density at radius 3 is 2.52 bits per heavy atom. The number of nitrogens with one attached hydrogen (secondary N) is 1. The minimum atomic E-state index is -4.42. The van der Waals surface area contributed by atoms with Crippen LogP contribution >= 0.6 is 0 Å². The summed E-state index contributed by atoms with van der Waals surface area (Å²) in [7, 11) is 0. The Labute approximate surface area is 167 Å². The minimum absolute atomic E-state index is 0.0181. The molecule has 2 heterocycles. The van der Waals surface area contributed by atoms with Crippen LogP contribution in [0.15, 0.2) is 18.2 Å². The highest BCUT2D eigenvalue weighted by Gasteiger charge is 2.37. The highest BCUT2D eigenvalue weighted by Crippen LogP contribution is 2.43. The fourth-order valence-corrected chi connectivity index (χ4v) is 4.33. The van der Waals surface area contributed by atoms with E-state index in [9.17, 15) is 22.8 Å². The van der Waals surface area contributed by atoms with E-state index in [1.54, 1.807) is 0 Å². The Morgan fingerprint density at radius 1 is 1.14 bits per heavy atom. The molecule has 3 fully saturated rings. The van der Waals surface area contributed by atoms with Crippen molar-refractivity contribution in [3.05, 3.63) is 34.9 Å². The Morgan fingerprint density at radius 2 is 1.86 bits per heavy atom. The van der Waals surface area contributed by atoms with E-state index in [0.29, 0.717) is 50.3 Å². The van der Waals surface area contributed by atoms with E-state index in [-0.39, 0.29) is 29.7 Å². The molecule has 0 unspecified atom stereocenters. The number of Topliss-reactive ketones (excluding diaryl/α,β-unsaturated/α-hetero) is 1. The first-order chi connectivity index (χ1) is 13.8. The van der Waals surface area contributed by atoms with Crippen molar-refractivity contribution < 1.29 is 27.5 Å². The molecule has 1 saturated carbocycles. The van der Waals surface area contributed by atoms with Gasteiger partial charge in [0, 0.05) is 44.1 Å². The molecule has 2 aliphatic heterocycles. The first-order valence-corrected chi connectivity index (χ1v) is 10.2. The van der Waals surface area contributed by atoms with Crippen molar-refractivity contribution in [3.63, 3.8) is 0 Å². The molecule has 4 rings (SSSR count). The SMILES string of the molecule is O=C1CCN([C@@H]2CCOC[C@H]2NC(=O)c2ccc(C(F)(F)F)cc2C2CC2)CC1. The summed E-state index contributed by atoms with van der Waals surface area (Å²) in [4.78, 5) is 26.8. The minimum Gasteiger partial charge on any atom is -0.379 e. The maximum Gasteiger partial charge on any atom is 0.416 e. The third kappa shape index (κ3) is 4.64. The molecule has 158 valence electrons. The number of hydrogen-bond donors (Lipinski definition) is 1. The van der Waals surface area contributed by atoms with Crippen LogP contribution in [0.3, 0.4) is 0 Å². The summed E-state index contributed by atoms with van der Waals surface area (Å²) >= 11 is 0. The van der Waals surface area contributed by atoms with Crippen molar-refractivity contribution in [3.8, 4) is 0 Å². The van der Waals surface area contributed by atoms with Gasteiger partial charge in [-0.3, -0.25) is 14.5 Å². The number of ether oxygens (including phenoxy) is 1. The van der Waals surface area contributed by atoms with Gasteiger partial charge in [0.05, 0.1) is 18.2 Å². The molecule has 8 heteroatoms. The summed E-state index contributed by atoms with van der Waals surface area (Å²) in [5, 5.41) is 3.00. The number of piperidine rings is 1. The Bertz CT molecular complexity index is 782. The van der Waals surface area contributed by atoms with Gasteiger partial charge in [0.2, 0.25) is 0 Å². The lowest BCUT2D eigenvalue weighted by atomic mass is 9.96. The van der Waals surface area contributed by atoms with Crippen LogP contribution in [0.1, 0.15) is 59.5 Å². The number of benzene rings is 1. The van der Waals surface area contributed by atoms with E-state index >= 15 is 0 Å². The predicted octanol–water partition coefficient (Wildman–Crippen LogP) is 3.14. The van der Waals surface area contributed by atoms with Crippen LogP contribution in [0.5, 0.6) is 0 Å². The molecular weight excluding hydrogens is 385 g/mol. The van der Waals surface area contributed by atoms with Crippen LogP contribution in [-0.2, 0) is 15.7 Å². The van der Waals surface area contributed by atoms with Gasteiger partial charge < -0.3 is 10.1 Å². The maximum absolute atomic E-state index is 13.1. The van der Waals surface area contributed by atoms with Crippen molar-refractivity contribution in [2.75, 3.05) is 26.3 Å². The van der Waals surface area contributed by atoms with E-state index in [2.05, 4.69) is 10.2 Å². The summed E-state index contributed by atoms with van der Waals surface area (Å²) in [6.07, 6.45) is -1.03. The number of amides is 1. The molecule has 1 aromatic rings. The molecule has 0 radical (unpaired) electrons. The average molecular weight is 410 g/mol. The van der Waals surface area contributed by atoms with Gasteiger partial charge in [-0.2, -0.15) is 13.2 Å². The van der Waals surface area contributed by atoms with E-state index in [1.807, 2.05) is 0 Å². The smallest absolute Gasteiger partial charge is 0.379 e. The summed E-state index contributed by atoms with van der Waals surface area (Å²) in [6, 6.07) is 3.21. The molecule has 0 bridgehead atoms. The van der Waals surface area contributed by atoms with Gasteiger partial charge in [0.25, 0.3) is 5.91 Å². The fraction of sp³-hybridized carbons (Fsp3) is 0.619. The third-order valence-electron chi connectivity index (χ3n) is 6.10. The van der Waals surface area contributed by atoms with Crippen LogP contribution < -0.4 is 5.32 Å². The van der Waals surface area contributed by atoms with Crippen molar-refractivity contribution in [1.29, 1.82) is 0 Å². The number of nitrogens with zero attached hydrogens (tertiary/aromatic N) is 1. The van der Waals surface area contributed by atoms with Crippen LogP contribution in [0.4, 0.5) is 13.2 Å². The van der Waals surface area contributed by atoms with E-state index in [0.717, 1.165) is 31.4 Å². The standard InChI is InChI=1S/C21H25F3N2O3/c22-21(23,24)14-3-4-16(17(11-14)13-1-2-13)20(28)25-18-12-29-10-7-19(18)26-8-5-15(27)6-9-26/h3-4,11,13,18-19H,1-2,5-10,12H2,(H,25,28)/t18-,19-/m1/s1. The maximum atomic E-state index is 13.1. The number of rotatable bonds is 4. The highest BCUT2D eigenvalue weighted by atomic mass is 19.4. The average Bonchev–Trinajstić information content (AvgIpc) is 3.53. The largest absolute Gasteiger partial charge is 0.416 e. The van der Waals surface area contributed by atoms with Gasteiger partial charge in [0.15, 0.2) is 0 Å². The molecule has 5 nitrogen and oxygen atoms in total. The monoisotopic (exact) mass is 410 g/mol. The van der Waals surface area contributed by atoms with Crippen molar-refractivity contribution in [2.45, 2.75) is 56.3 Å². The molecular formula is C21H25F3N2O3. The van der Waals surface area contributed by atoms with Gasteiger partial charge in [-0.15, -0.1) is 0 Å². The summed E-state index contributed by atoms with van der Waals surface area (Å²) in [6.45, 7) is 2.29. The fourth-order valence-electron chi connectivity index (χ4n) is 4.33. The third-order valence-corrected chi connectivity index (χ3v) is 6.10. The Balaban J connectivity index is 1.51. The van der Waals surface area contributed by atoms with Gasteiger partial charge >= 0.3 is 6.18 Å². The molecule has 0 aromatic heterocycles. The molecule has 29 heavy (non-hydrogen) atoms. The topological polar surface area (TPSA) is 58.6 Å². The molecule has 1 aliphatic carbocycles. The summed E-state index contributed by atoms with van der Waals surface area (Å²) in [5.74, 6) is -0.0773. The number of hydrogen-bond acceptors (Lipinski definition) is 4. The molecule has 1 N–H and O–H groups in total. The zero-order chi connectivity index (χ0) is 20.6. The van der Waals surface area contributed by atoms with Crippen LogP contribution in [0.25, 0.3) is 0 Å². The zero-order valence-electron chi connectivity index (χ0n) is 16.1. The second-order valence-electron chi connectivity index (χ2n) is 8.16. The molecule has 0 spiro atoms. The second-order valence-corrected chi connectivity index (χ2v) is 8.16. The first-order valence-electron chi connectivity index (χ1n) is 10.2. The highest BCUT2D eigenvalue weighted by molar-refractivity contribution is 5.96. The van der Waals surface area contributed by atoms with Crippen molar-refractivity contribution in [1.82, 2.24) is 10.2 Å². The molecule has 3 aliphatic rings. The normalized spacial score (nSPS) is 26.4.